The van der Waals surface area contributed by atoms with Crippen LogP contribution in [0.1, 0.15) is 0 Å². The summed E-state index contributed by atoms with van der Waals surface area (Å²) >= 11 is 0. The summed E-state index contributed by atoms with van der Waals surface area (Å²) < 4.78 is 0. The molecule has 0 heterocycles. The van der Waals surface area contributed by atoms with Crippen molar-refractivity contribution in [2.45, 2.75) is 0 Å². The Morgan fingerprint density at radius 1 is 1.00 bits per heavy atom. The molecule has 0 aliphatic carbocycles. The van der Waals surface area contributed by atoms with Crippen LogP contribution in [0.4, 0.5) is 0 Å². The standard InChI is InChI=1S/C3H4.2CH3.H2N.Pd/c1-3-2;;;;/h1-2H2;2*1H3;1H2;/q;3*-1;. The van der Waals surface area contributed by atoms with Crippen molar-refractivity contribution in [1.82, 2.24) is 0 Å². The van der Waals surface area contributed by atoms with E-state index >= 15 is 0 Å². The molecule has 0 bridgehead atoms. The summed E-state index contributed by atoms with van der Waals surface area (Å²) in [7, 11) is 0. The predicted octanol–water partition coefficient (Wildman–Crippen LogP) is 2.57. The average Bonchev–Trinajstić information content (AvgIpc) is 0.918. The van der Waals surface area contributed by atoms with E-state index in [1.54, 1.807) is 0 Å². The number of hydrogen-bond acceptors (Lipinski definition) is 0. The molecule has 0 aliphatic heterocycles. The molecule has 0 radical (unpaired) electrons. The number of hydrogen-bond donors (Lipinski definition) is 0. The third-order valence-electron chi connectivity index (χ3n) is 0. The van der Waals surface area contributed by atoms with Gasteiger partial charge in [-0.1, -0.05) is 13.2 Å². The second kappa shape index (κ2) is 124. The zero-order valence-electron chi connectivity index (χ0n) is 4.81. The SMILES string of the molecule is C=C=C.[CH3-].[CH3-].[NH2-].[Pd]. The first kappa shape index (κ1) is 58.7. The van der Waals surface area contributed by atoms with Crippen LogP contribution < -0.4 is 0 Å². The fourth-order valence-electron chi connectivity index (χ4n) is 0. The van der Waals surface area contributed by atoms with Crippen molar-refractivity contribution >= 4 is 0 Å². The zero-order chi connectivity index (χ0) is 2.71. The third kappa shape index (κ3) is 5200. The molecule has 0 atom stereocenters. The van der Waals surface area contributed by atoms with E-state index in [0.29, 0.717) is 0 Å². The summed E-state index contributed by atoms with van der Waals surface area (Å²) in [6, 6.07) is 0. The minimum Gasteiger partial charge on any atom is -0.693 e. The van der Waals surface area contributed by atoms with Crippen LogP contribution in [-0.4, -0.2) is 0 Å². The van der Waals surface area contributed by atoms with Crippen LogP contribution in [0.2, 0.25) is 0 Å². The molecule has 0 aromatic heterocycles. The Morgan fingerprint density at radius 3 is 1.00 bits per heavy atom. The van der Waals surface area contributed by atoms with Gasteiger partial charge in [0.15, 0.2) is 0 Å². The van der Waals surface area contributed by atoms with Gasteiger partial charge in [-0.3, -0.25) is 0 Å². The van der Waals surface area contributed by atoms with Gasteiger partial charge in [-0.15, -0.1) is 5.73 Å². The maximum Gasteiger partial charge on any atom is 0 e. The molecule has 0 aromatic carbocycles. The van der Waals surface area contributed by atoms with Gasteiger partial charge in [-0.05, 0) is 0 Å². The molecule has 0 spiro atoms. The van der Waals surface area contributed by atoms with Crippen molar-refractivity contribution in [2.24, 2.45) is 0 Å². The summed E-state index contributed by atoms with van der Waals surface area (Å²) in [5.74, 6) is 0. The van der Waals surface area contributed by atoms with Gasteiger partial charge >= 0.3 is 0 Å². The average molecular weight is 193 g/mol. The fourth-order valence-corrected chi connectivity index (χ4v) is 0. The number of rotatable bonds is 0. The van der Waals surface area contributed by atoms with Crippen molar-refractivity contribution in [3.05, 3.63) is 39.9 Å². The Bertz CT molecular complexity index is 29.1. The van der Waals surface area contributed by atoms with Crippen LogP contribution in [0.15, 0.2) is 18.9 Å². The molecule has 0 rings (SSSR count). The molecule has 0 unspecified atom stereocenters. The van der Waals surface area contributed by atoms with Crippen molar-refractivity contribution in [1.29, 1.82) is 0 Å². The van der Waals surface area contributed by atoms with Crippen LogP contribution in [0.5, 0.6) is 0 Å². The van der Waals surface area contributed by atoms with Crippen LogP contribution in [0, 0.1) is 14.9 Å². The molecule has 0 amide bonds. The molecule has 2 heteroatoms. The smallest absolute Gasteiger partial charge is 0 e. The Kier molecular flexibility index (Phi) is 1040. The summed E-state index contributed by atoms with van der Waals surface area (Å²) in [6.45, 7) is 6.25. The Morgan fingerprint density at radius 2 is 1.00 bits per heavy atom. The van der Waals surface area contributed by atoms with Gasteiger partial charge in [-0.25, -0.2) is 0 Å². The van der Waals surface area contributed by atoms with Gasteiger partial charge in [0.2, 0.25) is 0 Å². The monoisotopic (exact) mass is 192 g/mol. The first-order chi connectivity index (χ1) is 1.41. The second-order valence-corrected chi connectivity index (χ2v) is 0.250. The van der Waals surface area contributed by atoms with Crippen molar-refractivity contribution in [2.75, 3.05) is 0 Å². The zero-order valence-corrected chi connectivity index (χ0v) is 6.36. The van der Waals surface area contributed by atoms with Gasteiger partial charge in [-0.2, -0.15) is 0 Å². The van der Waals surface area contributed by atoms with E-state index in [-0.39, 0.29) is 41.4 Å². The van der Waals surface area contributed by atoms with E-state index in [0.717, 1.165) is 0 Å². The minimum atomic E-state index is 0. The van der Waals surface area contributed by atoms with E-state index in [4.69, 9.17) is 0 Å². The van der Waals surface area contributed by atoms with Gasteiger partial charge in [0.05, 0.1) is 0 Å². The first-order valence-corrected chi connectivity index (χ1v) is 0.707. The van der Waals surface area contributed by atoms with Gasteiger partial charge < -0.3 is 21.0 Å². The van der Waals surface area contributed by atoms with E-state index in [9.17, 15) is 0 Å². The second-order valence-electron chi connectivity index (χ2n) is 0.250. The quantitative estimate of drug-likeness (QED) is 0.321. The van der Waals surface area contributed by atoms with Crippen molar-refractivity contribution in [3.63, 3.8) is 0 Å². The summed E-state index contributed by atoms with van der Waals surface area (Å²) in [5, 5.41) is 0. The van der Waals surface area contributed by atoms with E-state index in [1.807, 2.05) is 0 Å². The van der Waals surface area contributed by atoms with Crippen molar-refractivity contribution < 1.29 is 20.4 Å². The molecule has 7 heavy (non-hydrogen) atoms. The summed E-state index contributed by atoms with van der Waals surface area (Å²) in [4.78, 5) is 0. The Balaban J connectivity index is -0.00000000333. The molecule has 50 valence electrons. The minimum absolute atomic E-state index is 0. The molecule has 1 nitrogen and oxygen atoms in total. The topological polar surface area (TPSA) is 33.5 Å². The maximum atomic E-state index is 3.12. The maximum absolute atomic E-state index is 3.12. The molecule has 0 fully saturated rings. The fraction of sp³-hybridized carbons (Fsp3) is 0. The Hall–Kier alpha value is 0.142. The molecule has 0 saturated carbocycles. The largest absolute Gasteiger partial charge is 0.693 e. The van der Waals surface area contributed by atoms with Gasteiger partial charge in [0.25, 0.3) is 0 Å². The van der Waals surface area contributed by atoms with Crippen LogP contribution in [0.3, 0.4) is 0 Å². The van der Waals surface area contributed by atoms with Crippen molar-refractivity contribution in [3.8, 4) is 0 Å². The summed E-state index contributed by atoms with van der Waals surface area (Å²) in [5.41, 5.74) is 2.25. The normalized spacial score (nSPS) is 1.14. The van der Waals surface area contributed by atoms with Crippen LogP contribution in [-0.2, 0) is 20.4 Å². The van der Waals surface area contributed by atoms with Crippen LogP contribution >= 0.6 is 0 Å². The van der Waals surface area contributed by atoms with E-state index in [1.165, 1.54) is 0 Å². The van der Waals surface area contributed by atoms with E-state index in [2.05, 4.69) is 18.9 Å². The number of nitrogens with two attached hydrogens (primary N) is 1. The predicted molar refractivity (Wildman–Crippen MR) is 32.9 cm³/mol. The third-order valence-corrected chi connectivity index (χ3v) is 0. The van der Waals surface area contributed by atoms with Gasteiger partial charge in [0.1, 0.15) is 0 Å². The molecule has 0 aromatic rings. The molecular formula is C5H12NPd-3. The molecular weight excluding hydrogens is 180 g/mol. The summed E-state index contributed by atoms with van der Waals surface area (Å²) in [6.07, 6.45) is 0. The van der Waals surface area contributed by atoms with Gasteiger partial charge in [0, 0.05) is 20.4 Å². The Labute approximate surface area is 60.7 Å². The van der Waals surface area contributed by atoms with E-state index < -0.39 is 0 Å². The molecule has 0 aliphatic rings. The first-order valence-electron chi connectivity index (χ1n) is 0.707. The molecule has 2 N–H and O–H groups in total. The van der Waals surface area contributed by atoms with Crippen LogP contribution in [0.25, 0.3) is 6.15 Å². The molecule has 0 saturated heterocycles.